The van der Waals surface area contributed by atoms with E-state index in [1.165, 1.54) is 0 Å². The quantitative estimate of drug-likeness (QED) is 0.167. The molecule has 0 saturated carbocycles. The summed E-state index contributed by atoms with van der Waals surface area (Å²) in [6, 6.07) is 22.8. The van der Waals surface area contributed by atoms with Gasteiger partial charge in [-0.15, -0.1) is 10.2 Å². The van der Waals surface area contributed by atoms with E-state index in [1.807, 2.05) is 67.6 Å². The Morgan fingerprint density at radius 1 is 0.889 bits per heavy atom. The highest BCUT2D eigenvalue weighted by molar-refractivity contribution is 5.86. The normalized spacial score (nSPS) is 12.4. The molecule has 0 aliphatic heterocycles. The Balaban J connectivity index is 0.00000552. The lowest BCUT2D eigenvalue weighted by molar-refractivity contribution is -0.126. The number of ether oxygens (including phenoxy) is 2. The first-order chi connectivity index (χ1) is 21.2. The van der Waals surface area contributed by atoms with Gasteiger partial charge in [-0.3, -0.25) is 14.0 Å². The van der Waals surface area contributed by atoms with E-state index >= 15 is 0 Å². The fraction of sp³-hybridized carbons (Fsp3) is 0.364. The number of likely N-dealkylation sites (N-methyl/N-ethyl adjacent to an activating group) is 1. The van der Waals surface area contributed by atoms with Gasteiger partial charge in [0.15, 0.2) is 11.5 Å². The van der Waals surface area contributed by atoms with Crippen LogP contribution in [0.1, 0.15) is 56.9 Å². The number of fused-ring (bicyclic) bond motifs is 1. The first kappa shape index (κ1) is 34.7. The molecule has 12 nitrogen and oxygen atoms in total. The van der Waals surface area contributed by atoms with Crippen molar-refractivity contribution in [3.63, 3.8) is 0 Å². The smallest absolute Gasteiger partial charge is 0.408 e. The predicted octanol–water partition coefficient (Wildman–Crippen LogP) is 3.45. The first-order valence-electron chi connectivity index (χ1n) is 14.4. The summed E-state index contributed by atoms with van der Waals surface area (Å²) in [5.74, 6) is -0.326. The zero-order valence-electron chi connectivity index (χ0n) is 25.2. The van der Waals surface area contributed by atoms with Crippen LogP contribution in [-0.4, -0.2) is 57.2 Å². The van der Waals surface area contributed by atoms with Gasteiger partial charge in [0.1, 0.15) is 18.7 Å². The van der Waals surface area contributed by atoms with Crippen molar-refractivity contribution in [3.05, 3.63) is 102 Å². The minimum absolute atomic E-state index is 0. The number of aromatic nitrogens is 3. The molecule has 0 bridgehead atoms. The number of hydrogen-bond donors (Lipinski definition) is 4. The number of alkyl carbamates (subject to hydrolysis) is 1. The molecular weight excluding hydrogens is 574 g/mol. The van der Waals surface area contributed by atoms with E-state index in [1.54, 1.807) is 36.4 Å². The van der Waals surface area contributed by atoms with Crippen molar-refractivity contribution < 1.29 is 23.9 Å². The average molecular weight is 618 g/mol. The maximum atomic E-state index is 12.9. The van der Waals surface area contributed by atoms with Crippen LogP contribution in [0.15, 0.2) is 78.9 Å². The van der Waals surface area contributed by atoms with Gasteiger partial charge in [-0.2, -0.15) is 0 Å². The summed E-state index contributed by atoms with van der Waals surface area (Å²) < 4.78 is 13.2. The number of carbonyl (C=O) groups is 3. The summed E-state index contributed by atoms with van der Waals surface area (Å²) in [6.07, 6.45) is -0.459. The molecule has 0 aliphatic carbocycles. The van der Waals surface area contributed by atoms with Crippen molar-refractivity contribution >= 4 is 23.6 Å². The van der Waals surface area contributed by atoms with Crippen LogP contribution in [0, 0.1) is 0 Å². The summed E-state index contributed by atoms with van der Waals surface area (Å²) in [6.45, 7) is 5.70. The number of nitrogens with two attached hydrogens (primary N) is 1. The summed E-state index contributed by atoms with van der Waals surface area (Å²) >= 11 is 0. The van der Waals surface area contributed by atoms with Crippen molar-refractivity contribution in [2.24, 2.45) is 5.73 Å². The Kier molecular flexibility index (Phi) is 12.6. The lowest BCUT2D eigenvalue weighted by atomic mass is 10.1. The summed E-state index contributed by atoms with van der Waals surface area (Å²) in [5.41, 5.74) is 7.81. The Morgan fingerprint density at radius 3 is 2.20 bits per heavy atom. The minimum atomic E-state index is -1.15. The molecule has 2 aromatic carbocycles. The van der Waals surface area contributed by atoms with Crippen LogP contribution in [0.2, 0.25) is 0 Å². The Morgan fingerprint density at radius 2 is 1.56 bits per heavy atom. The molecule has 2 aromatic heterocycles. The fourth-order valence-corrected chi connectivity index (χ4v) is 4.44. The van der Waals surface area contributed by atoms with Crippen molar-refractivity contribution in [1.82, 2.24) is 30.5 Å². The van der Waals surface area contributed by atoms with Gasteiger partial charge in [-0.1, -0.05) is 74.2 Å². The van der Waals surface area contributed by atoms with Crippen molar-refractivity contribution in [3.8, 4) is 0 Å². The van der Waals surface area contributed by atoms with Crippen molar-refractivity contribution in [1.29, 1.82) is 0 Å². The molecule has 2 heterocycles. The molecule has 2 atom stereocenters. The molecular formula is C33H43N7O5. The van der Waals surface area contributed by atoms with Gasteiger partial charge < -0.3 is 31.2 Å². The topological polar surface area (TPSA) is 162 Å². The zero-order valence-corrected chi connectivity index (χ0v) is 25.2. The molecule has 4 aromatic rings. The van der Waals surface area contributed by atoms with Crippen molar-refractivity contribution in [2.75, 3.05) is 13.2 Å². The number of amides is 3. The maximum Gasteiger partial charge on any atom is 0.408 e. The molecule has 3 amide bonds. The number of hydrogen-bond acceptors (Lipinski definition) is 8. The minimum Gasteiger partial charge on any atom is -0.443 e. The molecule has 12 heteroatoms. The average Bonchev–Trinajstić information content (AvgIpc) is 3.45. The number of benzene rings is 2. The van der Waals surface area contributed by atoms with Gasteiger partial charge in [-0.25, -0.2) is 4.79 Å². The summed E-state index contributed by atoms with van der Waals surface area (Å²) in [5, 5.41) is 17.0. The third-order valence-corrected chi connectivity index (χ3v) is 6.73. The molecule has 0 unspecified atom stereocenters. The molecule has 0 aliphatic rings. The maximum absolute atomic E-state index is 12.9. The molecule has 0 fully saturated rings. The number of carbonyl (C=O) groups excluding carboxylic acids is 3. The van der Waals surface area contributed by atoms with E-state index in [0.717, 1.165) is 11.1 Å². The summed E-state index contributed by atoms with van der Waals surface area (Å²) in [4.78, 5) is 38.5. The lowest BCUT2D eigenvalue weighted by Gasteiger charge is -2.24. The molecule has 5 N–H and O–H groups in total. The number of nitrogens with one attached hydrogen (secondary N) is 3. The second-order valence-electron chi connectivity index (χ2n) is 10.9. The highest BCUT2D eigenvalue weighted by atomic mass is 16.5. The van der Waals surface area contributed by atoms with Crippen LogP contribution in [0.5, 0.6) is 0 Å². The predicted molar refractivity (Wildman–Crippen MR) is 171 cm³/mol. The second-order valence-corrected chi connectivity index (χ2v) is 10.9. The van der Waals surface area contributed by atoms with Gasteiger partial charge in [0.2, 0.25) is 11.8 Å². The van der Waals surface area contributed by atoms with E-state index in [-0.39, 0.29) is 26.5 Å². The van der Waals surface area contributed by atoms with Crippen LogP contribution >= 0.6 is 0 Å². The van der Waals surface area contributed by atoms with Gasteiger partial charge in [0, 0.05) is 13.0 Å². The van der Waals surface area contributed by atoms with Gasteiger partial charge in [0.25, 0.3) is 0 Å². The molecule has 45 heavy (non-hydrogen) atoms. The molecule has 4 rings (SSSR count). The van der Waals surface area contributed by atoms with Gasteiger partial charge in [0.05, 0.1) is 24.4 Å². The van der Waals surface area contributed by atoms with E-state index in [2.05, 4.69) is 26.1 Å². The third kappa shape index (κ3) is 9.85. The number of rotatable bonds is 14. The van der Waals surface area contributed by atoms with Crippen LogP contribution in [0.25, 0.3) is 5.65 Å². The Labute approximate surface area is 263 Å². The van der Waals surface area contributed by atoms with E-state index in [9.17, 15) is 14.4 Å². The van der Waals surface area contributed by atoms with Crippen LogP contribution in [0.4, 0.5) is 4.79 Å². The third-order valence-electron chi connectivity index (χ3n) is 6.73. The van der Waals surface area contributed by atoms with E-state index in [4.69, 9.17) is 15.2 Å². The number of pyridine rings is 1. The Bertz CT molecular complexity index is 1540. The largest absolute Gasteiger partial charge is 0.443 e. The highest BCUT2D eigenvalue weighted by Crippen LogP contribution is 2.19. The van der Waals surface area contributed by atoms with Crippen LogP contribution in [0.3, 0.4) is 0 Å². The van der Waals surface area contributed by atoms with E-state index in [0.29, 0.717) is 36.7 Å². The summed E-state index contributed by atoms with van der Waals surface area (Å²) in [7, 11) is 0. The zero-order chi connectivity index (χ0) is 31.5. The molecule has 240 valence electrons. The first-order valence-corrected chi connectivity index (χ1v) is 14.4. The van der Waals surface area contributed by atoms with Gasteiger partial charge in [-0.05, 0) is 44.0 Å². The lowest BCUT2D eigenvalue weighted by Crippen LogP contribution is -2.51. The molecule has 0 radical (unpaired) electrons. The molecule has 0 saturated heterocycles. The SMILES string of the molecule is C.CCNC(=O)[C@@H](Cc1ccccc1)NC(=O)OCc1cccc2nnc([C@@H](COCc3ccccc3)NC(=O)C(C)(C)N)n12. The molecule has 0 spiro atoms. The Hall–Kier alpha value is -4.81. The fourth-order valence-electron chi connectivity index (χ4n) is 4.44. The monoisotopic (exact) mass is 617 g/mol. The van der Waals surface area contributed by atoms with Crippen molar-refractivity contribution in [2.45, 2.75) is 65.5 Å². The second kappa shape index (κ2) is 16.3. The highest BCUT2D eigenvalue weighted by Gasteiger charge is 2.29. The number of nitrogens with zero attached hydrogens (tertiary/aromatic N) is 3. The van der Waals surface area contributed by atoms with E-state index < -0.39 is 29.6 Å². The standard InChI is InChI=1S/C32H39N7O5.CH4/c1-4-34-29(40)25(18-22-12-7-5-8-13-22)36-31(42)44-20-24-16-11-17-27-37-38-28(39(24)27)26(35-30(41)32(2,3)33)21-43-19-23-14-9-6-10-15-23;/h5-17,25-26H,4,18-21,33H2,1-3H3,(H,34,40)(H,35,41)(H,36,42);1H4/t25-,26-;/m1./s1. The van der Waals surface area contributed by atoms with Crippen LogP contribution < -0.4 is 21.7 Å². The van der Waals surface area contributed by atoms with Gasteiger partial charge >= 0.3 is 6.09 Å². The van der Waals surface area contributed by atoms with Crippen LogP contribution in [-0.2, 0) is 38.7 Å².